The largest absolute Gasteiger partial charge is 0.511 e. The van der Waals surface area contributed by atoms with Gasteiger partial charge in [-0.05, 0) is 37.1 Å². The second-order valence-corrected chi connectivity index (χ2v) is 11.4. The average molecular weight is 583 g/mol. The third-order valence-electron chi connectivity index (χ3n) is 8.48. The zero-order chi connectivity index (χ0) is 30.7. The fourth-order valence-corrected chi connectivity index (χ4v) is 6.82. The van der Waals surface area contributed by atoms with Crippen LogP contribution < -0.4 is 35.7 Å². The van der Waals surface area contributed by atoms with Crippen molar-refractivity contribution in [2.75, 3.05) is 21.3 Å². The lowest BCUT2D eigenvalue weighted by molar-refractivity contribution is 0.0567. The van der Waals surface area contributed by atoms with Crippen LogP contribution in [-0.2, 0) is 6.42 Å². The maximum absolute atomic E-state index is 14.4. The lowest BCUT2D eigenvalue weighted by Crippen LogP contribution is -2.42. The van der Waals surface area contributed by atoms with E-state index >= 15 is 0 Å². The normalized spacial score (nSPS) is 16.9. The molecular formula is C33H26O10. The number of hydrogen-bond donors (Lipinski definition) is 3. The van der Waals surface area contributed by atoms with Gasteiger partial charge in [0.25, 0.3) is 0 Å². The van der Waals surface area contributed by atoms with Gasteiger partial charge in [-0.1, -0.05) is 0 Å². The van der Waals surface area contributed by atoms with Crippen molar-refractivity contribution in [1.29, 1.82) is 0 Å². The molecular weight excluding hydrogens is 556 g/mol. The molecule has 10 heteroatoms. The Kier molecular flexibility index (Phi) is 5.43. The van der Waals surface area contributed by atoms with E-state index in [1.54, 1.807) is 19.1 Å². The monoisotopic (exact) mass is 582 g/mol. The van der Waals surface area contributed by atoms with E-state index in [0.717, 1.165) is 0 Å². The van der Waals surface area contributed by atoms with Crippen LogP contribution in [0.4, 0.5) is 0 Å². The highest BCUT2D eigenvalue weighted by Crippen LogP contribution is 2.46. The van der Waals surface area contributed by atoms with Gasteiger partial charge in [-0.2, -0.15) is 0 Å². The molecule has 43 heavy (non-hydrogen) atoms. The molecule has 0 radical (unpaired) electrons. The summed E-state index contributed by atoms with van der Waals surface area (Å²) in [6.45, 7) is 3.31. The van der Waals surface area contributed by atoms with Crippen molar-refractivity contribution in [1.82, 2.24) is 0 Å². The zero-order valence-corrected chi connectivity index (χ0v) is 23.9. The van der Waals surface area contributed by atoms with Crippen LogP contribution in [0.3, 0.4) is 0 Å². The lowest BCUT2D eigenvalue weighted by Gasteiger charge is -2.29. The molecule has 0 saturated heterocycles. The summed E-state index contributed by atoms with van der Waals surface area (Å²) < 4.78 is 22.9. The summed E-state index contributed by atoms with van der Waals surface area (Å²) >= 11 is 0. The molecule has 1 aromatic heterocycles. The number of phenols is 1. The van der Waals surface area contributed by atoms with Gasteiger partial charge in [0, 0.05) is 51.9 Å². The lowest BCUT2D eigenvalue weighted by atomic mass is 9.81. The minimum atomic E-state index is -1.44. The highest BCUT2D eigenvalue weighted by Gasteiger charge is 2.35. The van der Waals surface area contributed by atoms with Gasteiger partial charge in [-0.3, -0.25) is 14.4 Å². The van der Waals surface area contributed by atoms with Gasteiger partial charge in [0.15, 0.2) is 22.2 Å². The van der Waals surface area contributed by atoms with Crippen molar-refractivity contribution < 1.29 is 33.9 Å². The summed E-state index contributed by atoms with van der Waals surface area (Å²) in [5, 5.41) is 34.4. The van der Waals surface area contributed by atoms with E-state index < -0.39 is 27.6 Å². The second-order valence-electron chi connectivity index (χ2n) is 11.4. The highest BCUT2D eigenvalue weighted by atomic mass is 16.5. The Hall–Kier alpha value is -5.09. The number of benzene rings is 5. The summed E-state index contributed by atoms with van der Waals surface area (Å²) in [6, 6.07) is 5.90. The SMILES string of the molecule is COc1cc(OC)c2c(=O)c3c(c4c2c1oc1cc(=O)c2c(O)c5c(OC)cc(C)cc5c(=O)c2c14)C[C@@](C)(O)CC=3O. The standard InChI is InChI=1S/C33H26O10/c1-12-6-13-22(17(7-12)40-3)31(38)24-15(34)8-19-25(27(24)29(13)36)23-14-10-33(2,39)11-16(35)21(14)30(37)26-18(41-4)9-20(42-5)32(43-19)28(23)26/h6-9,35,38-39H,10-11H2,1-5H3/t33-/m1/s1. The molecule has 0 aliphatic heterocycles. The van der Waals surface area contributed by atoms with Crippen LogP contribution >= 0.6 is 0 Å². The molecule has 1 aliphatic carbocycles. The fraction of sp³-hybridized carbons (Fsp3) is 0.242. The Morgan fingerprint density at radius 3 is 2.09 bits per heavy atom. The Bertz CT molecular complexity index is 2470. The van der Waals surface area contributed by atoms with Gasteiger partial charge in [0.2, 0.25) is 5.43 Å². The number of phenolic OH excluding ortho intramolecular Hbond substituents is 1. The first-order valence-electron chi connectivity index (χ1n) is 13.5. The number of fused-ring (bicyclic) bond motifs is 7. The van der Waals surface area contributed by atoms with E-state index in [-0.39, 0.29) is 95.5 Å². The fourth-order valence-electron chi connectivity index (χ4n) is 6.82. The summed E-state index contributed by atoms with van der Waals surface area (Å²) in [7, 11) is 4.20. The number of methoxy groups -OCH3 is 3. The van der Waals surface area contributed by atoms with Crippen molar-refractivity contribution in [2.45, 2.75) is 32.3 Å². The van der Waals surface area contributed by atoms with Crippen LogP contribution in [0.25, 0.3) is 60.0 Å². The predicted octanol–water partition coefficient (Wildman–Crippen LogP) is 3.69. The highest BCUT2D eigenvalue weighted by molar-refractivity contribution is 6.29. The third-order valence-corrected chi connectivity index (χ3v) is 8.48. The molecule has 0 spiro atoms. The molecule has 1 aliphatic rings. The number of aryl methyl sites for hydroxylation is 1. The molecule has 0 amide bonds. The number of aliphatic hydroxyl groups excluding tert-OH is 1. The maximum Gasteiger partial charge on any atom is 0.201 e. The number of rotatable bonds is 3. The van der Waals surface area contributed by atoms with Gasteiger partial charge >= 0.3 is 0 Å². The first-order valence-corrected chi connectivity index (χ1v) is 13.5. The van der Waals surface area contributed by atoms with Crippen molar-refractivity contribution >= 4 is 60.0 Å². The van der Waals surface area contributed by atoms with E-state index in [4.69, 9.17) is 18.6 Å². The molecule has 0 unspecified atom stereocenters. The first kappa shape index (κ1) is 26.8. The molecule has 0 bridgehead atoms. The van der Waals surface area contributed by atoms with Gasteiger partial charge in [-0.15, -0.1) is 0 Å². The van der Waals surface area contributed by atoms with E-state index in [2.05, 4.69) is 0 Å². The summed E-state index contributed by atoms with van der Waals surface area (Å²) in [6.07, 6.45) is -0.237. The zero-order valence-electron chi connectivity index (χ0n) is 23.9. The van der Waals surface area contributed by atoms with Crippen molar-refractivity contribution in [3.05, 3.63) is 71.3 Å². The predicted molar refractivity (Wildman–Crippen MR) is 162 cm³/mol. The van der Waals surface area contributed by atoms with Gasteiger partial charge < -0.3 is 33.9 Å². The van der Waals surface area contributed by atoms with E-state index in [9.17, 15) is 29.7 Å². The van der Waals surface area contributed by atoms with Crippen molar-refractivity contribution in [2.24, 2.45) is 0 Å². The Morgan fingerprint density at radius 2 is 1.42 bits per heavy atom. The van der Waals surface area contributed by atoms with E-state index in [1.165, 1.54) is 40.4 Å². The molecule has 5 aromatic carbocycles. The molecule has 6 aromatic rings. The van der Waals surface area contributed by atoms with Gasteiger partial charge in [-0.25, -0.2) is 0 Å². The average Bonchev–Trinajstić information content (AvgIpc) is 2.95. The third kappa shape index (κ3) is 3.41. The topological polar surface area (TPSA) is 153 Å². The molecule has 0 saturated carbocycles. The maximum atomic E-state index is 14.4. The minimum absolute atomic E-state index is 0.00390. The summed E-state index contributed by atoms with van der Waals surface area (Å²) in [5.74, 6) is -0.186. The Morgan fingerprint density at radius 1 is 0.744 bits per heavy atom. The molecule has 1 heterocycles. The molecule has 1 atom stereocenters. The number of hydrogen-bond acceptors (Lipinski definition) is 10. The van der Waals surface area contributed by atoms with Crippen LogP contribution in [0.2, 0.25) is 0 Å². The first-order chi connectivity index (χ1) is 20.4. The molecule has 10 nitrogen and oxygen atoms in total. The van der Waals surface area contributed by atoms with E-state index in [0.29, 0.717) is 10.9 Å². The number of ether oxygens (including phenoxy) is 3. The smallest absolute Gasteiger partial charge is 0.201 e. The van der Waals surface area contributed by atoms with Gasteiger partial charge in [0.05, 0.1) is 48.3 Å². The quantitative estimate of drug-likeness (QED) is 0.208. The van der Waals surface area contributed by atoms with Crippen LogP contribution in [-0.4, -0.2) is 42.3 Å². The second kappa shape index (κ2) is 8.71. The number of aromatic hydroxyl groups is 1. The molecule has 3 N–H and O–H groups in total. The van der Waals surface area contributed by atoms with Crippen LogP contribution in [0.15, 0.2) is 43.1 Å². The summed E-state index contributed by atoms with van der Waals surface area (Å²) in [5.41, 5.74) is -2.16. The molecule has 0 fully saturated rings. The van der Waals surface area contributed by atoms with E-state index in [1.807, 2.05) is 0 Å². The Balaban J connectivity index is 1.93. The Labute approximate surface area is 241 Å². The van der Waals surface area contributed by atoms with Crippen molar-refractivity contribution in [3.63, 3.8) is 0 Å². The van der Waals surface area contributed by atoms with Gasteiger partial charge in [0.1, 0.15) is 28.6 Å². The minimum Gasteiger partial charge on any atom is -0.511 e. The van der Waals surface area contributed by atoms with Crippen LogP contribution in [0.1, 0.15) is 24.5 Å². The van der Waals surface area contributed by atoms with Crippen LogP contribution in [0.5, 0.6) is 23.0 Å². The molecule has 218 valence electrons. The van der Waals surface area contributed by atoms with Crippen molar-refractivity contribution in [3.8, 4) is 23.0 Å². The summed E-state index contributed by atoms with van der Waals surface area (Å²) in [4.78, 5) is 42.1. The van der Waals surface area contributed by atoms with Crippen LogP contribution in [0, 0.1) is 6.92 Å². The number of aliphatic hydroxyl groups is 2. The molecule has 7 rings (SSSR count).